The Morgan fingerprint density at radius 1 is 1.00 bits per heavy atom. The molecule has 1 aliphatic heterocycles. The molecule has 20 heavy (non-hydrogen) atoms. The zero-order valence-corrected chi connectivity index (χ0v) is 13.1. The molecule has 0 aromatic rings. The number of carbonyl (C=O) groups excluding carboxylic acids is 1. The summed E-state index contributed by atoms with van der Waals surface area (Å²) in [5, 5.41) is 0. The third-order valence-corrected chi connectivity index (χ3v) is 6.74. The Hall–Kier alpha value is -0.730. The minimum Gasteiger partial charge on any atom is -0.323 e. The van der Waals surface area contributed by atoms with Gasteiger partial charge in [0.15, 0.2) is 0 Å². The van der Waals surface area contributed by atoms with E-state index in [-0.39, 0.29) is 0 Å². The number of urea groups is 1. The van der Waals surface area contributed by atoms with Crippen LogP contribution >= 0.6 is 0 Å². The highest BCUT2D eigenvalue weighted by molar-refractivity contribution is 5.77. The monoisotopic (exact) mass is 276 g/mol. The van der Waals surface area contributed by atoms with E-state index in [0.717, 1.165) is 30.2 Å². The molecule has 112 valence electrons. The molecule has 5 rings (SSSR count). The van der Waals surface area contributed by atoms with Crippen molar-refractivity contribution in [2.75, 3.05) is 13.6 Å². The largest absolute Gasteiger partial charge is 0.323 e. The SMILES string of the molecule is CC(C)[C@H]1CN(C2C3CC4CC(C3)CC2C4)C(=O)N1C. The van der Waals surface area contributed by atoms with Crippen molar-refractivity contribution >= 4 is 6.03 Å². The molecule has 1 atom stereocenters. The second kappa shape index (κ2) is 4.38. The molecule has 1 heterocycles. The summed E-state index contributed by atoms with van der Waals surface area (Å²) in [6.07, 6.45) is 7.09. The van der Waals surface area contributed by atoms with Crippen molar-refractivity contribution in [3.8, 4) is 0 Å². The van der Waals surface area contributed by atoms with E-state index in [9.17, 15) is 4.79 Å². The van der Waals surface area contributed by atoms with E-state index >= 15 is 0 Å². The molecule has 3 nitrogen and oxygen atoms in total. The summed E-state index contributed by atoms with van der Waals surface area (Å²) in [6.45, 7) is 5.46. The fourth-order valence-electron chi connectivity index (χ4n) is 6.06. The standard InChI is InChI=1S/C17H28N2O/c1-10(2)15-9-19(17(20)18(15)3)16-13-5-11-4-12(7-13)8-14(16)6-11/h10-16H,4-9H2,1-3H3/t11?,12?,13?,14?,15-,16?/m1/s1. The van der Waals surface area contributed by atoms with E-state index in [4.69, 9.17) is 0 Å². The number of likely N-dealkylation sites (N-methyl/N-ethyl adjacent to an activating group) is 1. The smallest absolute Gasteiger partial charge is 0.320 e. The lowest BCUT2D eigenvalue weighted by Gasteiger charge is -2.56. The molecule has 0 radical (unpaired) electrons. The van der Waals surface area contributed by atoms with Crippen LogP contribution in [0.1, 0.15) is 46.0 Å². The van der Waals surface area contributed by atoms with Crippen molar-refractivity contribution in [2.45, 2.75) is 58.0 Å². The van der Waals surface area contributed by atoms with Crippen molar-refractivity contribution in [1.82, 2.24) is 9.80 Å². The number of hydrogen-bond acceptors (Lipinski definition) is 1. The van der Waals surface area contributed by atoms with Crippen LogP contribution in [0.3, 0.4) is 0 Å². The van der Waals surface area contributed by atoms with Crippen LogP contribution in [0.25, 0.3) is 0 Å². The molecular formula is C17H28N2O. The van der Waals surface area contributed by atoms with E-state index in [2.05, 4.69) is 18.7 Å². The summed E-state index contributed by atoms with van der Waals surface area (Å²) >= 11 is 0. The zero-order valence-electron chi connectivity index (χ0n) is 13.1. The Bertz CT molecular complexity index is 391. The summed E-state index contributed by atoms with van der Waals surface area (Å²) in [7, 11) is 2.00. The summed E-state index contributed by atoms with van der Waals surface area (Å²) in [6, 6.07) is 1.29. The highest BCUT2D eigenvalue weighted by Crippen LogP contribution is 2.55. The molecule has 0 aromatic heterocycles. The Morgan fingerprint density at radius 2 is 1.55 bits per heavy atom. The van der Waals surface area contributed by atoms with Crippen LogP contribution < -0.4 is 0 Å². The van der Waals surface area contributed by atoms with Gasteiger partial charge in [0.05, 0.1) is 6.04 Å². The molecule has 2 amide bonds. The van der Waals surface area contributed by atoms with Crippen molar-refractivity contribution in [2.24, 2.45) is 29.6 Å². The lowest BCUT2D eigenvalue weighted by molar-refractivity contribution is -0.0476. The van der Waals surface area contributed by atoms with E-state index in [0.29, 0.717) is 24.0 Å². The summed E-state index contributed by atoms with van der Waals surface area (Å²) in [4.78, 5) is 17.0. The predicted octanol–water partition coefficient (Wildman–Crippen LogP) is 3.20. The van der Waals surface area contributed by atoms with Gasteiger partial charge in [-0.3, -0.25) is 0 Å². The van der Waals surface area contributed by atoms with Crippen molar-refractivity contribution < 1.29 is 4.79 Å². The molecular weight excluding hydrogens is 248 g/mol. The maximum Gasteiger partial charge on any atom is 0.320 e. The zero-order chi connectivity index (χ0) is 14.0. The van der Waals surface area contributed by atoms with Gasteiger partial charge >= 0.3 is 6.03 Å². The predicted molar refractivity (Wildman–Crippen MR) is 79.3 cm³/mol. The minimum absolute atomic E-state index is 0.307. The molecule has 4 bridgehead atoms. The normalized spacial score (nSPS) is 46.9. The van der Waals surface area contributed by atoms with Crippen molar-refractivity contribution in [1.29, 1.82) is 0 Å². The number of carbonyl (C=O) groups is 1. The van der Waals surface area contributed by atoms with Crippen LogP contribution in [0, 0.1) is 29.6 Å². The van der Waals surface area contributed by atoms with E-state index in [1.165, 1.54) is 32.1 Å². The second-order valence-corrected chi connectivity index (χ2v) is 8.28. The molecule has 5 fully saturated rings. The number of hydrogen-bond donors (Lipinski definition) is 0. The van der Waals surface area contributed by atoms with Gasteiger partial charge in [0.1, 0.15) is 0 Å². The lowest BCUT2D eigenvalue weighted by Crippen LogP contribution is -2.56. The van der Waals surface area contributed by atoms with Gasteiger partial charge in [-0.15, -0.1) is 0 Å². The fraction of sp³-hybridized carbons (Fsp3) is 0.941. The quantitative estimate of drug-likeness (QED) is 0.759. The topological polar surface area (TPSA) is 23.6 Å². The molecule has 4 saturated carbocycles. The molecule has 0 N–H and O–H groups in total. The first-order valence-electron chi connectivity index (χ1n) is 8.58. The first-order valence-corrected chi connectivity index (χ1v) is 8.58. The highest BCUT2D eigenvalue weighted by Gasteiger charge is 2.53. The first-order chi connectivity index (χ1) is 9.54. The van der Waals surface area contributed by atoms with Crippen LogP contribution in [-0.4, -0.2) is 41.5 Å². The Kier molecular flexibility index (Phi) is 2.84. The number of nitrogens with zero attached hydrogens (tertiary/aromatic N) is 2. The molecule has 4 aliphatic carbocycles. The fourth-order valence-corrected chi connectivity index (χ4v) is 6.06. The Labute approximate surface area is 122 Å². The van der Waals surface area contributed by atoms with Gasteiger partial charge in [0.2, 0.25) is 0 Å². The van der Waals surface area contributed by atoms with Gasteiger partial charge in [-0.25, -0.2) is 4.79 Å². The van der Waals surface area contributed by atoms with E-state index in [1.54, 1.807) is 0 Å². The second-order valence-electron chi connectivity index (χ2n) is 8.28. The van der Waals surface area contributed by atoms with E-state index < -0.39 is 0 Å². The summed E-state index contributed by atoms with van der Waals surface area (Å²) in [5.41, 5.74) is 0. The maximum absolute atomic E-state index is 12.7. The maximum atomic E-state index is 12.7. The molecule has 0 spiro atoms. The molecule has 5 aliphatic rings. The third kappa shape index (κ3) is 1.74. The lowest BCUT2D eigenvalue weighted by atomic mass is 9.54. The van der Waals surface area contributed by atoms with Crippen LogP contribution in [0.4, 0.5) is 4.79 Å². The van der Waals surface area contributed by atoms with Crippen LogP contribution in [0.2, 0.25) is 0 Å². The average Bonchev–Trinajstić information content (AvgIpc) is 2.66. The van der Waals surface area contributed by atoms with Gasteiger partial charge in [0.25, 0.3) is 0 Å². The molecule has 0 aromatic carbocycles. The third-order valence-electron chi connectivity index (χ3n) is 6.74. The van der Waals surface area contributed by atoms with Gasteiger partial charge in [0, 0.05) is 19.6 Å². The van der Waals surface area contributed by atoms with E-state index in [1.807, 2.05) is 11.9 Å². The molecule has 3 heteroatoms. The minimum atomic E-state index is 0.307. The first kappa shape index (κ1) is 13.0. The highest BCUT2D eigenvalue weighted by atomic mass is 16.2. The number of amides is 2. The summed E-state index contributed by atoms with van der Waals surface area (Å²) < 4.78 is 0. The van der Waals surface area contributed by atoms with Gasteiger partial charge in [-0.2, -0.15) is 0 Å². The van der Waals surface area contributed by atoms with Crippen LogP contribution in [0.5, 0.6) is 0 Å². The molecule has 0 unspecified atom stereocenters. The van der Waals surface area contributed by atoms with Crippen LogP contribution in [-0.2, 0) is 0 Å². The average molecular weight is 276 g/mol. The van der Waals surface area contributed by atoms with Crippen LogP contribution in [0.15, 0.2) is 0 Å². The van der Waals surface area contributed by atoms with Gasteiger partial charge in [-0.05, 0) is 61.7 Å². The Balaban J connectivity index is 1.57. The van der Waals surface area contributed by atoms with Crippen molar-refractivity contribution in [3.05, 3.63) is 0 Å². The van der Waals surface area contributed by atoms with Gasteiger partial charge < -0.3 is 9.80 Å². The van der Waals surface area contributed by atoms with Crippen molar-refractivity contribution in [3.63, 3.8) is 0 Å². The molecule has 1 saturated heterocycles. The summed E-state index contributed by atoms with van der Waals surface area (Å²) in [5.74, 6) is 4.17. The number of rotatable bonds is 2. The Morgan fingerprint density at radius 3 is 2.00 bits per heavy atom. The van der Waals surface area contributed by atoms with Gasteiger partial charge in [-0.1, -0.05) is 13.8 Å².